The molecular weight excluding hydrogens is 1170 g/mol. The fraction of sp³-hybridized carbons (Fsp3) is 0.0111. The van der Waals surface area contributed by atoms with Gasteiger partial charge in [0.05, 0.1) is 33.7 Å². The number of rotatable bonds is 6. The first kappa shape index (κ1) is 54.4. The number of para-hydroxylation sites is 3. The van der Waals surface area contributed by atoms with Crippen molar-refractivity contribution in [2.75, 3.05) is 0 Å². The molecular formula is C90H55N3OS. The minimum Gasteiger partial charge on any atom is -0.456 e. The normalized spacial score (nSPS) is 11.8. The summed E-state index contributed by atoms with van der Waals surface area (Å²) < 4.78 is 13.6. The van der Waals surface area contributed by atoms with E-state index in [-0.39, 0.29) is 0 Å². The summed E-state index contributed by atoms with van der Waals surface area (Å²) in [4.78, 5) is 0. The van der Waals surface area contributed by atoms with Crippen LogP contribution in [0.2, 0.25) is 0 Å². The van der Waals surface area contributed by atoms with E-state index in [9.17, 15) is 5.26 Å². The number of nitriles is 1. The Morgan fingerprint density at radius 2 is 0.632 bits per heavy atom. The summed E-state index contributed by atoms with van der Waals surface area (Å²) in [7, 11) is 0. The molecule has 0 saturated carbocycles. The zero-order valence-electron chi connectivity index (χ0n) is 51.7. The predicted molar refractivity (Wildman–Crippen MR) is 403 cm³/mol. The Kier molecular flexibility index (Phi) is 12.4. The number of nitrogens with zero attached hydrogens (tertiary/aromatic N) is 3. The second-order valence-electron chi connectivity index (χ2n) is 25.0. The highest BCUT2D eigenvalue weighted by Gasteiger charge is 2.23. The van der Waals surface area contributed by atoms with Crippen LogP contribution in [0.5, 0.6) is 0 Å². The molecule has 442 valence electrons. The molecule has 0 atom stereocenters. The molecule has 0 saturated heterocycles. The van der Waals surface area contributed by atoms with Gasteiger partial charge in [-0.2, -0.15) is 5.26 Å². The van der Waals surface area contributed by atoms with Crippen LogP contribution in [-0.2, 0) is 0 Å². The average molecular weight is 1230 g/mol. The summed E-state index contributed by atoms with van der Waals surface area (Å²) in [5, 5.41) is 29.4. The minimum absolute atomic E-state index is 0.656. The largest absolute Gasteiger partial charge is 0.456 e. The molecule has 0 aliphatic rings. The Morgan fingerprint density at radius 3 is 1.14 bits per heavy atom. The standard InChI is InChI=1S/C45H26N2S.C45H29NO/c46-27-28-18-21-32-33-22-19-30(26-41(33)47(40(32)24-28)31-10-2-1-3-11-31)45-37-15-6-4-13-35(37)44(36-14-5-7-16-38(36)45)29-20-23-43-39(25-29)34-12-8-9-17-42(34)48-43;1-28-19-22-32-33-23-20-30(27-41(33)46(40(32)25-28)31-11-3-2-4-12-31)45-37-16-7-5-14-35(37)44(36-15-6-8-17-38(36)45)29-21-24-43-39(26-29)34-13-9-10-18-42(34)47-43/h1-26H;2-27H,1H3. The fourth-order valence-corrected chi connectivity index (χ4v) is 16.6. The highest BCUT2D eigenvalue weighted by Crippen LogP contribution is 2.49. The van der Waals surface area contributed by atoms with Gasteiger partial charge in [0.1, 0.15) is 11.2 Å². The van der Waals surface area contributed by atoms with Gasteiger partial charge in [0, 0.05) is 63.9 Å². The van der Waals surface area contributed by atoms with Crippen LogP contribution >= 0.6 is 11.3 Å². The van der Waals surface area contributed by atoms with Crippen LogP contribution < -0.4 is 0 Å². The Hall–Kier alpha value is -12.3. The van der Waals surface area contributed by atoms with Gasteiger partial charge < -0.3 is 13.6 Å². The van der Waals surface area contributed by atoms with E-state index in [4.69, 9.17) is 4.42 Å². The quantitative estimate of drug-likeness (QED) is 0.156. The molecule has 4 heterocycles. The van der Waals surface area contributed by atoms with Crippen LogP contribution in [0.1, 0.15) is 11.1 Å². The number of furan rings is 1. The van der Waals surface area contributed by atoms with Gasteiger partial charge in [0.25, 0.3) is 0 Å². The van der Waals surface area contributed by atoms with Crippen molar-refractivity contribution in [3.63, 3.8) is 0 Å². The van der Waals surface area contributed by atoms with Crippen LogP contribution in [0.4, 0.5) is 0 Å². The van der Waals surface area contributed by atoms with Gasteiger partial charge in [-0.25, -0.2) is 0 Å². The fourth-order valence-electron chi connectivity index (χ4n) is 15.5. The summed E-state index contributed by atoms with van der Waals surface area (Å²) in [6.07, 6.45) is 0. The summed E-state index contributed by atoms with van der Waals surface area (Å²) in [6.45, 7) is 2.17. The van der Waals surface area contributed by atoms with Crippen molar-refractivity contribution in [2.24, 2.45) is 0 Å². The van der Waals surface area contributed by atoms with Crippen molar-refractivity contribution in [3.8, 4) is 62.0 Å². The molecule has 95 heavy (non-hydrogen) atoms. The number of fused-ring (bicyclic) bond motifs is 16. The summed E-state index contributed by atoms with van der Waals surface area (Å²) in [5.41, 5.74) is 20.4. The van der Waals surface area contributed by atoms with Crippen LogP contribution in [0.15, 0.2) is 320 Å². The topological polar surface area (TPSA) is 46.8 Å². The van der Waals surface area contributed by atoms with Crippen LogP contribution in [0.25, 0.3) is 185 Å². The maximum atomic E-state index is 9.76. The Bertz CT molecular complexity index is 6500. The number of thiophene rings is 1. The van der Waals surface area contributed by atoms with Gasteiger partial charge in [-0.15, -0.1) is 11.3 Å². The lowest BCUT2D eigenvalue weighted by Gasteiger charge is -2.18. The van der Waals surface area contributed by atoms with Gasteiger partial charge in [0.2, 0.25) is 0 Å². The molecule has 0 bridgehead atoms. The molecule has 4 nitrogen and oxygen atoms in total. The van der Waals surface area contributed by atoms with Gasteiger partial charge in [0.15, 0.2) is 0 Å². The lowest BCUT2D eigenvalue weighted by atomic mass is 9.85. The summed E-state index contributed by atoms with van der Waals surface area (Å²) >= 11 is 1.86. The molecule has 0 N–H and O–H groups in total. The van der Waals surface area contributed by atoms with E-state index in [0.29, 0.717) is 5.56 Å². The molecule has 4 aromatic heterocycles. The summed E-state index contributed by atoms with van der Waals surface area (Å²) in [6, 6.07) is 116. The van der Waals surface area contributed by atoms with E-state index in [1.165, 1.54) is 146 Å². The molecule has 0 amide bonds. The lowest BCUT2D eigenvalue weighted by molar-refractivity contribution is 0.669. The van der Waals surface area contributed by atoms with Crippen molar-refractivity contribution in [3.05, 3.63) is 327 Å². The van der Waals surface area contributed by atoms with E-state index in [1.54, 1.807) is 0 Å². The molecule has 16 aromatic carbocycles. The van der Waals surface area contributed by atoms with Gasteiger partial charge >= 0.3 is 0 Å². The van der Waals surface area contributed by atoms with Crippen molar-refractivity contribution in [1.82, 2.24) is 9.13 Å². The maximum Gasteiger partial charge on any atom is 0.135 e. The molecule has 0 fully saturated rings. The number of aromatic nitrogens is 2. The van der Waals surface area contributed by atoms with E-state index in [1.807, 2.05) is 41.7 Å². The zero-order valence-corrected chi connectivity index (χ0v) is 52.5. The van der Waals surface area contributed by atoms with Crippen molar-refractivity contribution < 1.29 is 4.42 Å². The molecule has 5 heteroatoms. The third-order valence-electron chi connectivity index (χ3n) is 19.6. The second kappa shape index (κ2) is 21.7. The SMILES string of the molecule is Cc1ccc2c3ccc(-c4c5ccccc5c(-c5ccc6oc7ccccc7c6c5)c5ccccc45)cc3n(-c3ccccc3)c2c1.N#Cc1ccc2c3ccc(-c4c5ccccc5c(-c5ccc6sc7ccccc7c6c5)c5ccccc45)cc3n(-c3ccccc3)c2c1. The molecule has 0 unspecified atom stereocenters. The smallest absolute Gasteiger partial charge is 0.135 e. The predicted octanol–water partition coefficient (Wildman–Crippen LogP) is 25.3. The van der Waals surface area contributed by atoms with Crippen molar-refractivity contribution >= 4 is 140 Å². The second-order valence-corrected chi connectivity index (χ2v) is 26.1. The van der Waals surface area contributed by atoms with Crippen LogP contribution in [0, 0.1) is 18.3 Å². The van der Waals surface area contributed by atoms with Crippen molar-refractivity contribution in [1.29, 1.82) is 5.26 Å². The van der Waals surface area contributed by atoms with E-state index < -0.39 is 0 Å². The molecule has 20 rings (SSSR count). The summed E-state index contributed by atoms with van der Waals surface area (Å²) in [5.74, 6) is 0. The molecule has 0 aliphatic carbocycles. The maximum absolute atomic E-state index is 9.76. The van der Waals surface area contributed by atoms with E-state index in [0.717, 1.165) is 44.0 Å². The number of hydrogen-bond acceptors (Lipinski definition) is 3. The lowest BCUT2D eigenvalue weighted by Crippen LogP contribution is -1.94. The highest BCUT2D eigenvalue weighted by molar-refractivity contribution is 7.25. The first-order valence-electron chi connectivity index (χ1n) is 32.3. The zero-order chi connectivity index (χ0) is 62.8. The van der Waals surface area contributed by atoms with E-state index in [2.05, 4.69) is 307 Å². The number of hydrogen-bond donors (Lipinski definition) is 0. The molecule has 0 spiro atoms. The Morgan fingerprint density at radius 1 is 0.274 bits per heavy atom. The van der Waals surface area contributed by atoms with Gasteiger partial charge in [-0.1, -0.05) is 224 Å². The van der Waals surface area contributed by atoms with Crippen LogP contribution in [0.3, 0.4) is 0 Å². The average Bonchev–Trinajstić information content (AvgIpc) is 1.66. The molecule has 20 aromatic rings. The first-order valence-corrected chi connectivity index (χ1v) is 33.2. The highest BCUT2D eigenvalue weighted by atomic mass is 32.1. The van der Waals surface area contributed by atoms with Gasteiger partial charge in [-0.3, -0.25) is 0 Å². The third kappa shape index (κ3) is 8.59. The van der Waals surface area contributed by atoms with Crippen LogP contribution in [-0.4, -0.2) is 9.13 Å². The first-order chi connectivity index (χ1) is 47.0. The van der Waals surface area contributed by atoms with Gasteiger partial charge in [-0.05, 0) is 191 Å². The Balaban J connectivity index is 0.000000134. The monoisotopic (exact) mass is 1230 g/mol. The number of aryl methyl sites for hydroxylation is 1. The molecule has 0 radical (unpaired) electrons. The molecule has 0 aliphatic heterocycles. The Labute approximate surface area is 550 Å². The van der Waals surface area contributed by atoms with E-state index >= 15 is 0 Å². The minimum atomic E-state index is 0.656. The number of benzene rings is 16. The van der Waals surface area contributed by atoms with Crippen molar-refractivity contribution in [2.45, 2.75) is 6.92 Å². The third-order valence-corrected chi connectivity index (χ3v) is 20.8.